The number of hydrogen-bond acceptors (Lipinski definition) is 3. The van der Waals surface area contributed by atoms with Crippen molar-refractivity contribution >= 4 is 0 Å². The van der Waals surface area contributed by atoms with E-state index in [1.165, 1.54) is 5.56 Å². The van der Waals surface area contributed by atoms with E-state index in [4.69, 9.17) is 9.84 Å². The molecule has 0 fully saturated rings. The molecule has 1 aromatic rings. The van der Waals surface area contributed by atoms with E-state index in [1.807, 2.05) is 12.1 Å². The van der Waals surface area contributed by atoms with Crippen LogP contribution in [0.25, 0.3) is 0 Å². The number of hydrogen-bond donors (Lipinski definition) is 1. The lowest BCUT2D eigenvalue weighted by atomic mass is 10.0. The largest absolute Gasteiger partial charge is 0.496 e. The molecule has 3 heteroatoms. The highest BCUT2D eigenvalue weighted by molar-refractivity contribution is 5.33. The van der Waals surface area contributed by atoms with E-state index >= 15 is 0 Å². The third-order valence-electron chi connectivity index (χ3n) is 3.38. The third kappa shape index (κ3) is 4.67. The number of methoxy groups -OCH3 is 1. The first kappa shape index (κ1) is 15.0. The van der Waals surface area contributed by atoms with Crippen molar-refractivity contribution in [3.05, 3.63) is 29.8 Å². The number of para-hydroxylation sites is 1. The summed E-state index contributed by atoms with van der Waals surface area (Å²) in [5.41, 5.74) is 1.25. The summed E-state index contributed by atoms with van der Waals surface area (Å²) in [5.74, 6) is 0.966. The SMILES string of the molecule is COc1ccccc1CC(C)N(C)CCCCO. The molecule has 0 aliphatic rings. The minimum absolute atomic E-state index is 0.286. The smallest absolute Gasteiger partial charge is 0.122 e. The van der Waals surface area contributed by atoms with Crippen LogP contribution in [0.3, 0.4) is 0 Å². The van der Waals surface area contributed by atoms with E-state index in [9.17, 15) is 0 Å². The molecule has 0 amide bonds. The highest BCUT2D eigenvalue weighted by Gasteiger charge is 2.12. The lowest BCUT2D eigenvalue weighted by Gasteiger charge is -2.25. The third-order valence-corrected chi connectivity index (χ3v) is 3.38. The van der Waals surface area contributed by atoms with Crippen LogP contribution < -0.4 is 4.74 Å². The predicted octanol–water partition coefficient (Wildman–Crippen LogP) is 2.33. The van der Waals surface area contributed by atoms with Gasteiger partial charge in [0.1, 0.15) is 5.75 Å². The van der Waals surface area contributed by atoms with Crippen molar-refractivity contribution in [1.82, 2.24) is 4.90 Å². The van der Waals surface area contributed by atoms with Crippen LogP contribution in [0.5, 0.6) is 5.75 Å². The Morgan fingerprint density at radius 2 is 2.00 bits per heavy atom. The van der Waals surface area contributed by atoms with Crippen LogP contribution in [0.1, 0.15) is 25.3 Å². The molecule has 0 saturated carbocycles. The number of nitrogens with zero attached hydrogens (tertiary/aromatic N) is 1. The van der Waals surface area contributed by atoms with Gasteiger partial charge in [-0.05, 0) is 51.4 Å². The normalized spacial score (nSPS) is 12.7. The fourth-order valence-corrected chi connectivity index (χ4v) is 2.04. The summed E-state index contributed by atoms with van der Waals surface area (Å²) in [4.78, 5) is 2.34. The van der Waals surface area contributed by atoms with Gasteiger partial charge in [0.05, 0.1) is 7.11 Å². The second-order valence-corrected chi connectivity index (χ2v) is 4.78. The van der Waals surface area contributed by atoms with Crippen LogP contribution in [0.15, 0.2) is 24.3 Å². The van der Waals surface area contributed by atoms with Gasteiger partial charge in [-0.25, -0.2) is 0 Å². The van der Waals surface area contributed by atoms with Gasteiger partial charge in [0, 0.05) is 12.6 Å². The van der Waals surface area contributed by atoms with E-state index in [2.05, 4.69) is 31.0 Å². The molecular formula is C15H25NO2. The molecule has 1 rings (SSSR count). The van der Waals surface area contributed by atoms with Crippen molar-refractivity contribution in [2.24, 2.45) is 0 Å². The molecule has 0 radical (unpaired) electrons. The Hall–Kier alpha value is -1.06. The maximum absolute atomic E-state index is 8.79. The highest BCUT2D eigenvalue weighted by Crippen LogP contribution is 2.20. The summed E-state index contributed by atoms with van der Waals surface area (Å²) in [5, 5.41) is 8.79. The van der Waals surface area contributed by atoms with Crippen molar-refractivity contribution in [3.8, 4) is 5.75 Å². The Labute approximate surface area is 110 Å². The minimum atomic E-state index is 0.286. The molecule has 1 N–H and O–H groups in total. The van der Waals surface area contributed by atoms with Gasteiger partial charge in [-0.2, -0.15) is 0 Å². The molecule has 0 spiro atoms. The maximum atomic E-state index is 8.79. The molecule has 0 aromatic heterocycles. The first-order valence-corrected chi connectivity index (χ1v) is 6.62. The molecule has 3 nitrogen and oxygen atoms in total. The Morgan fingerprint density at radius 3 is 2.67 bits per heavy atom. The molecular weight excluding hydrogens is 226 g/mol. The monoisotopic (exact) mass is 251 g/mol. The van der Waals surface area contributed by atoms with E-state index in [-0.39, 0.29) is 6.61 Å². The average molecular weight is 251 g/mol. The highest BCUT2D eigenvalue weighted by atomic mass is 16.5. The van der Waals surface area contributed by atoms with Gasteiger partial charge >= 0.3 is 0 Å². The van der Waals surface area contributed by atoms with Crippen LogP contribution >= 0.6 is 0 Å². The van der Waals surface area contributed by atoms with Crippen LogP contribution in [0, 0.1) is 0 Å². The Morgan fingerprint density at radius 1 is 1.28 bits per heavy atom. The average Bonchev–Trinajstić information content (AvgIpc) is 2.39. The van der Waals surface area contributed by atoms with Gasteiger partial charge in [0.15, 0.2) is 0 Å². The molecule has 18 heavy (non-hydrogen) atoms. The number of rotatable bonds is 8. The van der Waals surface area contributed by atoms with Crippen molar-refractivity contribution < 1.29 is 9.84 Å². The zero-order valence-corrected chi connectivity index (χ0v) is 11.7. The second kappa shape index (κ2) is 8.11. The first-order chi connectivity index (χ1) is 8.69. The summed E-state index contributed by atoms with van der Waals surface area (Å²) in [7, 11) is 3.85. The molecule has 1 unspecified atom stereocenters. The Balaban J connectivity index is 2.50. The molecule has 0 heterocycles. The number of ether oxygens (including phenoxy) is 1. The molecule has 102 valence electrons. The molecule has 0 aliphatic carbocycles. The van der Waals surface area contributed by atoms with Crippen LogP contribution in [0.2, 0.25) is 0 Å². The number of benzene rings is 1. The minimum Gasteiger partial charge on any atom is -0.496 e. The van der Waals surface area contributed by atoms with E-state index in [0.29, 0.717) is 6.04 Å². The number of aliphatic hydroxyl groups is 1. The van der Waals surface area contributed by atoms with Gasteiger partial charge in [0.2, 0.25) is 0 Å². The van der Waals surface area contributed by atoms with Gasteiger partial charge in [-0.15, -0.1) is 0 Å². The Bertz CT molecular complexity index is 341. The van der Waals surface area contributed by atoms with Gasteiger partial charge in [0.25, 0.3) is 0 Å². The standard InChI is InChI=1S/C15H25NO2/c1-13(16(2)10-6-7-11-17)12-14-8-4-5-9-15(14)18-3/h4-5,8-9,13,17H,6-7,10-12H2,1-3H3. The number of likely N-dealkylation sites (N-methyl/N-ethyl adjacent to an activating group) is 1. The van der Waals surface area contributed by atoms with Gasteiger partial charge in [-0.3, -0.25) is 0 Å². The number of aliphatic hydroxyl groups excluding tert-OH is 1. The predicted molar refractivity (Wildman–Crippen MR) is 75.1 cm³/mol. The quantitative estimate of drug-likeness (QED) is 0.720. The molecule has 0 bridgehead atoms. The molecule has 0 aliphatic heterocycles. The van der Waals surface area contributed by atoms with Crippen molar-refractivity contribution in [3.63, 3.8) is 0 Å². The van der Waals surface area contributed by atoms with Crippen molar-refractivity contribution in [2.75, 3.05) is 27.3 Å². The first-order valence-electron chi connectivity index (χ1n) is 6.62. The molecule has 0 saturated heterocycles. The summed E-state index contributed by atoms with van der Waals surface area (Å²) in [6.07, 6.45) is 2.91. The lowest BCUT2D eigenvalue weighted by Crippen LogP contribution is -2.32. The summed E-state index contributed by atoms with van der Waals surface area (Å²) in [6, 6.07) is 8.65. The van der Waals surface area contributed by atoms with Crippen molar-refractivity contribution in [2.45, 2.75) is 32.2 Å². The van der Waals surface area contributed by atoms with Crippen LogP contribution in [-0.4, -0.2) is 43.4 Å². The lowest BCUT2D eigenvalue weighted by molar-refractivity contribution is 0.230. The zero-order valence-electron chi connectivity index (χ0n) is 11.7. The summed E-state index contributed by atoms with van der Waals surface area (Å²) >= 11 is 0. The van der Waals surface area contributed by atoms with Crippen LogP contribution in [-0.2, 0) is 6.42 Å². The summed E-state index contributed by atoms with van der Waals surface area (Å²) in [6.45, 7) is 3.54. The zero-order chi connectivity index (χ0) is 13.4. The fourth-order valence-electron chi connectivity index (χ4n) is 2.04. The fraction of sp³-hybridized carbons (Fsp3) is 0.600. The second-order valence-electron chi connectivity index (χ2n) is 4.78. The summed E-state index contributed by atoms with van der Waals surface area (Å²) < 4.78 is 5.37. The van der Waals surface area contributed by atoms with Gasteiger partial charge in [-0.1, -0.05) is 18.2 Å². The van der Waals surface area contributed by atoms with E-state index < -0.39 is 0 Å². The van der Waals surface area contributed by atoms with E-state index in [0.717, 1.165) is 31.6 Å². The molecule has 1 aromatic carbocycles. The van der Waals surface area contributed by atoms with Crippen molar-refractivity contribution in [1.29, 1.82) is 0 Å². The Kier molecular flexibility index (Phi) is 6.76. The van der Waals surface area contributed by atoms with Crippen LogP contribution in [0.4, 0.5) is 0 Å². The maximum Gasteiger partial charge on any atom is 0.122 e. The molecule has 1 atom stereocenters. The topological polar surface area (TPSA) is 32.7 Å². The van der Waals surface area contributed by atoms with E-state index in [1.54, 1.807) is 7.11 Å². The number of unbranched alkanes of at least 4 members (excludes halogenated alkanes) is 1. The van der Waals surface area contributed by atoms with Gasteiger partial charge < -0.3 is 14.7 Å².